The standard InChI is InChI=1S/C6H12F3NOS/c1-5(11)4-10-2-3-12-6(7,8)9/h5,10-11H,2-4H2,1H3. The van der Waals surface area contributed by atoms with Crippen molar-refractivity contribution in [3.63, 3.8) is 0 Å². The lowest BCUT2D eigenvalue weighted by atomic mass is 10.4. The Bertz CT molecular complexity index is 118. The average Bonchev–Trinajstić information content (AvgIpc) is 1.83. The Morgan fingerprint density at radius 3 is 2.50 bits per heavy atom. The quantitative estimate of drug-likeness (QED) is 0.659. The van der Waals surface area contributed by atoms with Gasteiger partial charge in [-0.1, -0.05) is 0 Å². The van der Waals surface area contributed by atoms with Gasteiger partial charge in [0, 0.05) is 18.8 Å². The molecular formula is C6H12F3NOS. The summed E-state index contributed by atoms with van der Waals surface area (Å²) in [5, 5.41) is 11.4. The molecule has 0 saturated carbocycles. The van der Waals surface area contributed by atoms with Gasteiger partial charge in [0.05, 0.1) is 6.10 Å². The van der Waals surface area contributed by atoms with Crippen molar-refractivity contribution in [3.05, 3.63) is 0 Å². The van der Waals surface area contributed by atoms with Crippen molar-refractivity contribution in [1.82, 2.24) is 5.32 Å². The first kappa shape index (κ1) is 12.1. The van der Waals surface area contributed by atoms with E-state index < -0.39 is 11.6 Å². The van der Waals surface area contributed by atoms with E-state index in [1.807, 2.05) is 0 Å². The largest absolute Gasteiger partial charge is 0.441 e. The van der Waals surface area contributed by atoms with E-state index in [2.05, 4.69) is 5.32 Å². The maximum Gasteiger partial charge on any atom is 0.441 e. The van der Waals surface area contributed by atoms with Gasteiger partial charge in [-0.2, -0.15) is 13.2 Å². The van der Waals surface area contributed by atoms with Crippen LogP contribution in [0.5, 0.6) is 0 Å². The molecule has 0 aliphatic heterocycles. The van der Waals surface area contributed by atoms with Crippen molar-refractivity contribution >= 4 is 11.8 Å². The van der Waals surface area contributed by atoms with Gasteiger partial charge < -0.3 is 10.4 Å². The van der Waals surface area contributed by atoms with Crippen molar-refractivity contribution in [1.29, 1.82) is 0 Å². The van der Waals surface area contributed by atoms with E-state index >= 15 is 0 Å². The van der Waals surface area contributed by atoms with E-state index in [9.17, 15) is 13.2 Å². The van der Waals surface area contributed by atoms with E-state index in [4.69, 9.17) is 5.11 Å². The predicted octanol–water partition coefficient (Wildman–Crippen LogP) is 1.21. The number of hydrogen-bond donors (Lipinski definition) is 2. The lowest BCUT2D eigenvalue weighted by Crippen LogP contribution is -2.26. The SMILES string of the molecule is CC(O)CNCCSC(F)(F)F. The molecule has 0 spiro atoms. The minimum Gasteiger partial charge on any atom is -0.392 e. The second-order valence-electron chi connectivity index (χ2n) is 2.35. The molecule has 0 saturated heterocycles. The zero-order valence-corrected chi connectivity index (χ0v) is 7.50. The molecule has 0 aromatic rings. The van der Waals surface area contributed by atoms with Crippen LogP contribution in [0.1, 0.15) is 6.92 Å². The maximum absolute atomic E-state index is 11.5. The molecule has 12 heavy (non-hydrogen) atoms. The molecule has 0 aliphatic rings. The van der Waals surface area contributed by atoms with E-state index in [0.29, 0.717) is 6.54 Å². The number of thioether (sulfide) groups is 1. The van der Waals surface area contributed by atoms with E-state index in [1.165, 1.54) is 0 Å². The van der Waals surface area contributed by atoms with E-state index in [1.54, 1.807) is 6.92 Å². The van der Waals surface area contributed by atoms with Crippen molar-refractivity contribution in [2.24, 2.45) is 0 Å². The fraction of sp³-hybridized carbons (Fsp3) is 1.00. The zero-order chi connectivity index (χ0) is 9.61. The van der Waals surface area contributed by atoms with Crippen LogP contribution in [0.4, 0.5) is 13.2 Å². The van der Waals surface area contributed by atoms with Crippen LogP contribution in [0.25, 0.3) is 0 Å². The summed E-state index contributed by atoms with van der Waals surface area (Å²) in [5.74, 6) is -0.0176. The third-order valence-corrected chi connectivity index (χ3v) is 1.72. The number of hydrogen-bond acceptors (Lipinski definition) is 3. The van der Waals surface area contributed by atoms with Crippen molar-refractivity contribution in [3.8, 4) is 0 Å². The molecule has 1 atom stereocenters. The highest BCUT2D eigenvalue weighted by Gasteiger charge is 2.27. The van der Waals surface area contributed by atoms with Gasteiger partial charge >= 0.3 is 5.51 Å². The normalized spacial score (nSPS) is 14.8. The first-order chi connectivity index (χ1) is 5.42. The molecule has 0 bridgehead atoms. The first-order valence-electron chi connectivity index (χ1n) is 3.51. The summed E-state index contributed by atoms with van der Waals surface area (Å²) in [4.78, 5) is 0. The molecule has 6 heteroatoms. The van der Waals surface area contributed by atoms with Crippen molar-refractivity contribution in [2.75, 3.05) is 18.8 Å². The lowest BCUT2D eigenvalue weighted by Gasteiger charge is -2.07. The Morgan fingerprint density at radius 1 is 1.50 bits per heavy atom. The number of alkyl halides is 3. The molecule has 0 aromatic carbocycles. The maximum atomic E-state index is 11.5. The molecule has 1 unspecified atom stereocenters. The molecule has 0 amide bonds. The Hall–Kier alpha value is 0.0600. The minimum atomic E-state index is -4.15. The summed E-state index contributed by atoms with van der Waals surface area (Å²) in [6.07, 6.45) is -0.513. The fourth-order valence-electron chi connectivity index (χ4n) is 0.550. The molecule has 2 N–H and O–H groups in total. The highest BCUT2D eigenvalue weighted by atomic mass is 32.2. The van der Waals surface area contributed by atoms with Crippen LogP contribution >= 0.6 is 11.8 Å². The molecule has 0 fully saturated rings. The Balaban J connectivity index is 3.12. The Labute approximate surface area is 73.5 Å². The second kappa shape index (κ2) is 5.66. The van der Waals surface area contributed by atoms with Crippen molar-refractivity contribution < 1.29 is 18.3 Å². The molecule has 2 nitrogen and oxygen atoms in total. The number of halogens is 3. The summed E-state index contributed by atoms with van der Waals surface area (Å²) in [5.41, 5.74) is -4.15. The van der Waals surface area contributed by atoms with Gasteiger partial charge in [0.2, 0.25) is 0 Å². The van der Waals surface area contributed by atoms with Gasteiger partial charge in [0.25, 0.3) is 0 Å². The summed E-state index contributed by atoms with van der Waals surface area (Å²) in [6, 6.07) is 0. The average molecular weight is 203 g/mol. The molecule has 74 valence electrons. The third-order valence-electron chi connectivity index (χ3n) is 0.984. The summed E-state index contributed by atoms with van der Waals surface area (Å²) >= 11 is -0.0589. The number of nitrogens with one attached hydrogen (secondary N) is 1. The molecule has 0 aromatic heterocycles. The summed E-state index contributed by atoms with van der Waals surface area (Å²) in [7, 11) is 0. The number of aliphatic hydroxyl groups excluding tert-OH is 1. The first-order valence-corrected chi connectivity index (χ1v) is 4.50. The molecule has 0 heterocycles. The van der Waals surface area contributed by atoms with Gasteiger partial charge in [0.15, 0.2) is 0 Å². The highest BCUT2D eigenvalue weighted by Crippen LogP contribution is 2.29. The van der Waals surface area contributed by atoms with Gasteiger partial charge in [-0.05, 0) is 18.7 Å². The molecule has 0 aliphatic carbocycles. The van der Waals surface area contributed by atoms with Crippen LogP contribution in [-0.4, -0.2) is 35.6 Å². The number of aliphatic hydroxyl groups is 1. The topological polar surface area (TPSA) is 32.3 Å². The Kier molecular flexibility index (Phi) is 5.69. The predicted molar refractivity (Wildman–Crippen MR) is 43.1 cm³/mol. The van der Waals surface area contributed by atoms with Crippen LogP contribution in [0.15, 0.2) is 0 Å². The molecular weight excluding hydrogens is 191 g/mol. The number of rotatable bonds is 5. The lowest BCUT2D eigenvalue weighted by molar-refractivity contribution is -0.0327. The van der Waals surface area contributed by atoms with Crippen LogP contribution in [0.2, 0.25) is 0 Å². The van der Waals surface area contributed by atoms with Crippen LogP contribution in [0, 0.1) is 0 Å². The van der Waals surface area contributed by atoms with Crippen LogP contribution < -0.4 is 5.32 Å². The zero-order valence-electron chi connectivity index (χ0n) is 6.69. The van der Waals surface area contributed by atoms with Crippen LogP contribution in [-0.2, 0) is 0 Å². The van der Waals surface area contributed by atoms with Crippen LogP contribution in [0.3, 0.4) is 0 Å². The molecule has 0 rings (SSSR count). The Morgan fingerprint density at radius 2 is 2.08 bits per heavy atom. The van der Waals surface area contributed by atoms with Gasteiger partial charge in [-0.15, -0.1) is 0 Å². The monoisotopic (exact) mass is 203 g/mol. The van der Waals surface area contributed by atoms with Gasteiger partial charge in [-0.3, -0.25) is 0 Å². The second-order valence-corrected chi connectivity index (χ2v) is 3.51. The van der Waals surface area contributed by atoms with Crippen molar-refractivity contribution in [2.45, 2.75) is 18.5 Å². The van der Waals surface area contributed by atoms with Gasteiger partial charge in [0.1, 0.15) is 0 Å². The minimum absolute atomic E-state index is 0.0176. The summed E-state index contributed by atoms with van der Waals surface area (Å²) in [6.45, 7) is 2.16. The smallest absolute Gasteiger partial charge is 0.392 e. The van der Waals surface area contributed by atoms with E-state index in [-0.39, 0.29) is 24.1 Å². The van der Waals surface area contributed by atoms with E-state index in [0.717, 1.165) is 0 Å². The molecule has 0 radical (unpaired) electrons. The fourth-order valence-corrected chi connectivity index (χ4v) is 1.03. The van der Waals surface area contributed by atoms with Gasteiger partial charge in [-0.25, -0.2) is 0 Å². The summed E-state index contributed by atoms with van der Waals surface area (Å²) < 4.78 is 34.6. The third kappa shape index (κ3) is 10.1. The highest BCUT2D eigenvalue weighted by molar-refractivity contribution is 8.00.